The highest BCUT2D eigenvalue weighted by Crippen LogP contribution is 2.19. The molecule has 0 saturated carbocycles. The van der Waals surface area contributed by atoms with Crippen LogP contribution in [0.5, 0.6) is 0 Å². The average molecular weight is 271 g/mol. The van der Waals surface area contributed by atoms with E-state index in [9.17, 15) is 4.79 Å². The van der Waals surface area contributed by atoms with E-state index in [-0.39, 0.29) is 6.03 Å². The van der Waals surface area contributed by atoms with Gasteiger partial charge in [0.2, 0.25) is 0 Å². The zero-order valence-electron chi connectivity index (χ0n) is 11.4. The van der Waals surface area contributed by atoms with Gasteiger partial charge in [0.15, 0.2) is 0 Å². The van der Waals surface area contributed by atoms with Gasteiger partial charge in [-0.2, -0.15) is 11.8 Å². The molecule has 2 rings (SSSR count). The minimum absolute atomic E-state index is 0.129. The Balaban J connectivity index is 1.94. The number of thioether (sulfide) groups is 1. The van der Waals surface area contributed by atoms with Gasteiger partial charge in [0, 0.05) is 25.4 Å². The molecule has 0 aliphatic carbocycles. The van der Waals surface area contributed by atoms with Crippen molar-refractivity contribution in [2.24, 2.45) is 0 Å². The molecule has 1 N–H and O–H groups in total. The summed E-state index contributed by atoms with van der Waals surface area (Å²) in [6, 6.07) is 0.520. The third kappa shape index (κ3) is 3.79. The van der Waals surface area contributed by atoms with Crippen molar-refractivity contribution >= 4 is 17.8 Å². The fourth-order valence-electron chi connectivity index (χ4n) is 2.76. The van der Waals surface area contributed by atoms with Crippen LogP contribution >= 0.6 is 11.8 Å². The molecule has 104 valence electrons. The Labute approximate surface area is 114 Å². The second-order valence-corrected chi connectivity index (χ2v) is 6.27. The monoisotopic (exact) mass is 271 g/mol. The molecule has 1 atom stereocenters. The van der Waals surface area contributed by atoms with Crippen LogP contribution in [0.2, 0.25) is 0 Å². The maximum Gasteiger partial charge on any atom is 0.317 e. The van der Waals surface area contributed by atoms with Crippen LogP contribution in [-0.4, -0.2) is 66.1 Å². The minimum atomic E-state index is 0.129. The van der Waals surface area contributed by atoms with Gasteiger partial charge in [-0.1, -0.05) is 0 Å². The van der Waals surface area contributed by atoms with Crippen LogP contribution in [0.3, 0.4) is 0 Å². The Bertz CT molecular complexity index is 269. The highest BCUT2D eigenvalue weighted by atomic mass is 32.2. The summed E-state index contributed by atoms with van der Waals surface area (Å²) < 4.78 is 0. The number of carbonyl (C=O) groups is 1. The number of likely N-dealkylation sites (tertiary alicyclic amines) is 1. The van der Waals surface area contributed by atoms with Crippen LogP contribution < -0.4 is 5.32 Å². The fraction of sp³-hybridized carbons (Fsp3) is 0.923. The summed E-state index contributed by atoms with van der Waals surface area (Å²) in [5, 5.41) is 2.96. The lowest BCUT2D eigenvalue weighted by atomic mass is 10.2. The molecule has 0 radical (unpaired) electrons. The molecule has 0 spiro atoms. The average Bonchev–Trinajstić information content (AvgIpc) is 2.74. The third-order valence-electron chi connectivity index (χ3n) is 3.70. The van der Waals surface area contributed by atoms with Gasteiger partial charge in [-0.05, 0) is 45.0 Å². The largest absolute Gasteiger partial charge is 0.338 e. The van der Waals surface area contributed by atoms with Crippen LogP contribution in [-0.2, 0) is 0 Å². The SMILES string of the molecule is CCNC(=O)N1CCCSCC1CN1CCCC1. The summed E-state index contributed by atoms with van der Waals surface area (Å²) in [4.78, 5) is 16.7. The summed E-state index contributed by atoms with van der Waals surface area (Å²) in [6.45, 7) is 7.11. The van der Waals surface area contributed by atoms with E-state index in [2.05, 4.69) is 15.1 Å². The van der Waals surface area contributed by atoms with Crippen molar-refractivity contribution in [1.29, 1.82) is 0 Å². The van der Waals surface area contributed by atoms with E-state index in [0.29, 0.717) is 6.04 Å². The smallest absolute Gasteiger partial charge is 0.317 e. The number of nitrogens with one attached hydrogen (secondary N) is 1. The van der Waals surface area contributed by atoms with Crippen LogP contribution in [0.25, 0.3) is 0 Å². The number of amides is 2. The Kier molecular flexibility index (Phi) is 5.63. The number of hydrogen-bond acceptors (Lipinski definition) is 3. The molecule has 0 aromatic carbocycles. The molecular formula is C13H25N3OS. The highest BCUT2D eigenvalue weighted by molar-refractivity contribution is 7.99. The Morgan fingerprint density at radius 3 is 2.78 bits per heavy atom. The van der Waals surface area contributed by atoms with Gasteiger partial charge < -0.3 is 15.1 Å². The molecule has 1 unspecified atom stereocenters. The topological polar surface area (TPSA) is 35.6 Å². The van der Waals surface area contributed by atoms with Crippen molar-refractivity contribution in [3.63, 3.8) is 0 Å². The van der Waals surface area contributed by atoms with Crippen molar-refractivity contribution in [3.8, 4) is 0 Å². The Morgan fingerprint density at radius 2 is 2.06 bits per heavy atom. The number of urea groups is 1. The van der Waals surface area contributed by atoms with Gasteiger partial charge in [-0.15, -0.1) is 0 Å². The lowest BCUT2D eigenvalue weighted by Gasteiger charge is -2.32. The van der Waals surface area contributed by atoms with Crippen molar-refractivity contribution in [2.75, 3.05) is 44.2 Å². The quantitative estimate of drug-likeness (QED) is 0.847. The first kappa shape index (κ1) is 14.0. The number of carbonyl (C=O) groups excluding carboxylic acids is 1. The molecule has 2 saturated heterocycles. The molecule has 0 bridgehead atoms. The van der Waals surface area contributed by atoms with Crippen LogP contribution in [0.1, 0.15) is 26.2 Å². The zero-order valence-corrected chi connectivity index (χ0v) is 12.2. The predicted octanol–water partition coefficient (Wildman–Crippen LogP) is 1.62. The van der Waals surface area contributed by atoms with E-state index >= 15 is 0 Å². The van der Waals surface area contributed by atoms with E-state index in [1.807, 2.05) is 18.7 Å². The second kappa shape index (κ2) is 7.24. The van der Waals surface area contributed by atoms with E-state index in [4.69, 9.17) is 0 Å². The predicted molar refractivity (Wildman–Crippen MR) is 77.2 cm³/mol. The summed E-state index contributed by atoms with van der Waals surface area (Å²) in [5.41, 5.74) is 0. The number of nitrogens with zero attached hydrogens (tertiary/aromatic N) is 2. The van der Waals surface area contributed by atoms with Gasteiger partial charge >= 0.3 is 6.03 Å². The van der Waals surface area contributed by atoms with E-state index in [0.717, 1.165) is 31.8 Å². The molecule has 2 fully saturated rings. The van der Waals surface area contributed by atoms with Gasteiger partial charge in [0.05, 0.1) is 6.04 Å². The maximum absolute atomic E-state index is 12.1. The summed E-state index contributed by atoms with van der Waals surface area (Å²) in [5.74, 6) is 2.28. The summed E-state index contributed by atoms with van der Waals surface area (Å²) >= 11 is 2.00. The van der Waals surface area contributed by atoms with Gasteiger partial charge in [-0.3, -0.25) is 0 Å². The molecule has 2 heterocycles. The maximum atomic E-state index is 12.1. The Hall–Kier alpha value is -0.420. The Morgan fingerprint density at radius 1 is 1.28 bits per heavy atom. The minimum Gasteiger partial charge on any atom is -0.338 e. The van der Waals surface area contributed by atoms with E-state index in [1.54, 1.807) is 0 Å². The zero-order chi connectivity index (χ0) is 12.8. The molecule has 0 aromatic rings. The van der Waals surface area contributed by atoms with Crippen LogP contribution in [0, 0.1) is 0 Å². The van der Waals surface area contributed by atoms with Crippen molar-refractivity contribution in [1.82, 2.24) is 15.1 Å². The molecular weight excluding hydrogens is 246 g/mol. The van der Waals surface area contributed by atoms with Gasteiger partial charge in [0.25, 0.3) is 0 Å². The molecule has 2 aliphatic rings. The second-order valence-electron chi connectivity index (χ2n) is 5.12. The normalized spacial score (nSPS) is 26.1. The molecule has 2 amide bonds. The molecule has 2 aliphatic heterocycles. The molecule has 5 heteroatoms. The summed E-state index contributed by atoms with van der Waals surface area (Å²) in [6.07, 6.45) is 3.76. The number of hydrogen-bond donors (Lipinski definition) is 1. The first-order valence-corrected chi connectivity index (χ1v) is 8.31. The lowest BCUT2D eigenvalue weighted by molar-refractivity contribution is 0.162. The molecule has 18 heavy (non-hydrogen) atoms. The third-order valence-corrected chi connectivity index (χ3v) is 4.89. The number of rotatable bonds is 3. The fourth-order valence-corrected chi connectivity index (χ4v) is 3.82. The molecule has 4 nitrogen and oxygen atoms in total. The first-order chi connectivity index (χ1) is 8.81. The van der Waals surface area contributed by atoms with Crippen LogP contribution in [0.4, 0.5) is 4.79 Å². The first-order valence-electron chi connectivity index (χ1n) is 7.16. The van der Waals surface area contributed by atoms with Crippen molar-refractivity contribution < 1.29 is 4.79 Å². The van der Waals surface area contributed by atoms with Crippen LogP contribution in [0.15, 0.2) is 0 Å². The standard InChI is InChI=1S/C13H25N3OS/c1-2-14-13(17)16-8-5-9-18-11-12(16)10-15-6-3-4-7-15/h12H,2-11H2,1H3,(H,14,17). The van der Waals surface area contributed by atoms with Crippen molar-refractivity contribution in [3.05, 3.63) is 0 Å². The van der Waals surface area contributed by atoms with Gasteiger partial charge in [0.1, 0.15) is 0 Å². The van der Waals surface area contributed by atoms with Crippen molar-refractivity contribution in [2.45, 2.75) is 32.2 Å². The highest BCUT2D eigenvalue weighted by Gasteiger charge is 2.27. The van der Waals surface area contributed by atoms with E-state index < -0.39 is 0 Å². The van der Waals surface area contributed by atoms with E-state index in [1.165, 1.54) is 31.7 Å². The van der Waals surface area contributed by atoms with Gasteiger partial charge in [-0.25, -0.2) is 4.79 Å². The molecule has 0 aromatic heterocycles. The summed E-state index contributed by atoms with van der Waals surface area (Å²) in [7, 11) is 0. The lowest BCUT2D eigenvalue weighted by Crippen LogP contribution is -2.51.